The Balaban J connectivity index is 1.63. The van der Waals surface area contributed by atoms with Crippen LogP contribution in [0.15, 0.2) is 12.1 Å². The van der Waals surface area contributed by atoms with E-state index in [9.17, 15) is 9.59 Å². The molecule has 1 aromatic rings. The highest BCUT2D eigenvalue weighted by molar-refractivity contribution is 7.15. The van der Waals surface area contributed by atoms with Crippen LogP contribution in [-0.2, 0) is 9.47 Å². The molecule has 7 nitrogen and oxygen atoms in total. The quantitative estimate of drug-likeness (QED) is 0.624. The zero-order valence-corrected chi connectivity index (χ0v) is 12.1. The molecule has 0 aromatic carbocycles. The number of thiophene rings is 1. The van der Waals surface area contributed by atoms with Gasteiger partial charge in [0.25, 0.3) is 11.8 Å². The molecule has 0 atom stereocenters. The lowest BCUT2D eigenvalue weighted by Crippen LogP contribution is -2.47. The fraction of sp³-hybridized carbons (Fsp3) is 0.538. The molecular formula is C13H16N2O5S. The number of carbonyl (C=O) groups is 2. The van der Waals surface area contributed by atoms with Crippen LogP contribution in [0.5, 0.6) is 0 Å². The SMILES string of the molecule is O=C(NO)c1ccc(C(=O)N2CCC3(CC2)OCCO3)s1. The number of ether oxygens (including phenoxy) is 2. The molecule has 114 valence electrons. The molecule has 0 unspecified atom stereocenters. The number of hydrogen-bond acceptors (Lipinski definition) is 6. The topological polar surface area (TPSA) is 88.1 Å². The first kappa shape index (κ1) is 14.5. The average Bonchev–Trinajstić information content (AvgIpc) is 3.16. The van der Waals surface area contributed by atoms with Gasteiger partial charge in [0.05, 0.1) is 23.0 Å². The molecule has 0 radical (unpaired) electrons. The highest BCUT2D eigenvalue weighted by atomic mass is 32.1. The summed E-state index contributed by atoms with van der Waals surface area (Å²) >= 11 is 1.07. The molecule has 21 heavy (non-hydrogen) atoms. The molecule has 0 aliphatic carbocycles. The molecule has 0 saturated carbocycles. The van der Waals surface area contributed by atoms with E-state index < -0.39 is 11.7 Å². The summed E-state index contributed by atoms with van der Waals surface area (Å²) < 4.78 is 11.3. The minimum atomic E-state index is -0.607. The molecule has 2 aliphatic rings. The maximum absolute atomic E-state index is 12.4. The van der Waals surface area contributed by atoms with E-state index in [1.807, 2.05) is 0 Å². The summed E-state index contributed by atoms with van der Waals surface area (Å²) in [7, 11) is 0. The number of hydrogen-bond donors (Lipinski definition) is 2. The predicted octanol–water partition coefficient (Wildman–Crippen LogP) is 0.846. The summed E-state index contributed by atoms with van der Waals surface area (Å²) in [5.74, 6) is -1.22. The van der Waals surface area contributed by atoms with Gasteiger partial charge in [-0.25, -0.2) is 5.48 Å². The largest absolute Gasteiger partial charge is 0.347 e. The number of nitrogens with one attached hydrogen (secondary N) is 1. The smallest absolute Gasteiger partial charge is 0.284 e. The van der Waals surface area contributed by atoms with Crippen LogP contribution < -0.4 is 5.48 Å². The number of hydroxylamine groups is 1. The van der Waals surface area contributed by atoms with Gasteiger partial charge in [0.15, 0.2) is 5.79 Å². The van der Waals surface area contributed by atoms with Crippen molar-refractivity contribution in [1.82, 2.24) is 10.4 Å². The van der Waals surface area contributed by atoms with Gasteiger partial charge in [-0.1, -0.05) is 0 Å². The Morgan fingerprint density at radius 3 is 2.43 bits per heavy atom. The normalized spacial score (nSPS) is 20.7. The molecule has 3 heterocycles. The second-order valence-electron chi connectivity index (χ2n) is 5.00. The number of piperidine rings is 1. The van der Waals surface area contributed by atoms with E-state index in [1.165, 1.54) is 6.07 Å². The standard InChI is InChI=1S/C13H16N2O5S/c16-11(14-18)9-1-2-10(21-9)12(17)15-5-3-13(4-6-15)19-7-8-20-13/h1-2,18H,3-8H2,(H,14,16). The Labute approximate surface area is 125 Å². The van der Waals surface area contributed by atoms with Crippen LogP contribution >= 0.6 is 11.3 Å². The van der Waals surface area contributed by atoms with E-state index in [4.69, 9.17) is 14.7 Å². The molecule has 1 spiro atoms. The van der Waals surface area contributed by atoms with E-state index in [0.29, 0.717) is 48.9 Å². The first-order valence-electron chi connectivity index (χ1n) is 6.75. The van der Waals surface area contributed by atoms with E-state index in [0.717, 1.165) is 11.3 Å². The molecule has 2 N–H and O–H groups in total. The summed E-state index contributed by atoms with van der Waals surface area (Å²) in [6, 6.07) is 3.13. The van der Waals surface area contributed by atoms with Crippen molar-refractivity contribution in [2.45, 2.75) is 18.6 Å². The number of amides is 2. The van der Waals surface area contributed by atoms with Gasteiger partial charge in [0.1, 0.15) is 0 Å². The Hall–Kier alpha value is -1.48. The molecule has 0 bridgehead atoms. The lowest BCUT2D eigenvalue weighted by atomic mass is 10.0. The fourth-order valence-corrected chi connectivity index (χ4v) is 3.49. The number of likely N-dealkylation sites (tertiary alicyclic amines) is 1. The highest BCUT2D eigenvalue weighted by Gasteiger charge is 2.41. The maximum Gasteiger partial charge on any atom is 0.284 e. The summed E-state index contributed by atoms with van der Waals surface area (Å²) in [5, 5.41) is 8.59. The lowest BCUT2D eigenvalue weighted by molar-refractivity contribution is -0.181. The number of rotatable bonds is 2. The Morgan fingerprint density at radius 1 is 1.19 bits per heavy atom. The predicted molar refractivity (Wildman–Crippen MR) is 73.3 cm³/mol. The lowest BCUT2D eigenvalue weighted by Gasteiger charge is -2.37. The summed E-state index contributed by atoms with van der Waals surface area (Å²) in [6.45, 7) is 2.35. The molecule has 1 aromatic heterocycles. The zero-order valence-electron chi connectivity index (χ0n) is 11.3. The van der Waals surface area contributed by atoms with E-state index in [1.54, 1.807) is 16.4 Å². The molecule has 2 saturated heterocycles. The van der Waals surface area contributed by atoms with Crippen LogP contribution in [0.1, 0.15) is 32.2 Å². The molecule has 2 fully saturated rings. The van der Waals surface area contributed by atoms with Crippen LogP contribution in [0, 0.1) is 0 Å². The van der Waals surface area contributed by atoms with Crippen LogP contribution in [0.25, 0.3) is 0 Å². The van der Waals surface area contributed by atoms with Gasteiger partial charge < -0.3 is 14.4 Å². The summed E-state index contributed by atoms with van der Waals surface area (Å²) in [6.07, 6.45) is 1.32. The summed E-state index contributed by atoms with van der Waals surface area (Å²) in [5.41, 5.74) is 1.56. The Bertz CT molecular complexity index is 543. The van der Waals surface area contributed by atoms with E-state index in [-0.39, 0.29) is 5.91 Å². The Morgan fingerprint density at radius 2 is 1.81 bits per heavy atom. The monoisotopic (exact) mass is 312 g/mol. The number of carbonyl (C=O) groups excluding carboxylic acids is 2. The van der Waals surface area contributed by atoms with Crippen LogP contribution in [0.4, 0.5) is 0 Å². The van der Waals surface area contributed by atoms with Gasteiger partial charge in [-0.05, 0) is 12.1 Å². The highest BCUT2D eigenvalue weighted by Crippen LogP contribution is 2.32. The van der Waals surface area contributed by atoms with Crippen LogP contribution in [0.2, 0.25) is 0 Å². The van der Waals surface area contributed by atoms with Crippen molar-refractivity contribution in [3.8, 4) is 0 Å². The molecule has 8 heteroatoms. The average molecular weight is 312 g/mol. The van der Waals surface area contributed by atoms with E-state index >= 15 is 0 Å². The van der Waals surface area contributed by atoms with Gasteiger partial charge in [-0.3, -0.25) is 14.8 Å². The van der Waals surface area contributed by atoms with Crippen LogP contribution in [0.3, 0.4) is 0 Å². The number of nitrogens with zero attached hydrogens (tertiary/aromatic N) is 1. The first-order valence-corrected chi connectivity index (χ1v) is 7.57. The molecular weight excluding hydrogens is 296 g/mol. The minimum Gasteiger partial charge on any atom is -0.347 e. The third-order valence-corrected chi connectivity index (χ3v) is 4.84. The van der Waals surface area contributed by atoms with Crippen molar-refractivity contribution in [2.24, 2.45) is 0 Å². The molecule has 3 rings (SSSR count). The third kappa shape index (κ3) is 2.80. The van der Waals surface area contributed by atoms with Crippen LogP contribution in [-0.4, -0.2) is 54.0 Å². The van der Waals surface area contributed by atoms with Crippen molar-refractivity contribution in [3.05, 3.63) is 21.9 Å². The second kappa shape index (κ2) is 5.72. The minimum absolute atomic E-state index is 0.107. The van der Waals surface area contributed by atoms with Gasteiger partial charge in [0, 0.05) is 25.9 Å². The first-order chi connectivity index (χ1) is 10.1. The molecule has 2 aliphatic heterocycles. The summed E-state index contributed by atoms with van der Waals surface area (Å²) in [4.78, 5) is 26.2. The van der Waals surface area contributed by atoms with Crippen molar-refractivity contribution in [3.63, 3.8) is 0 Å². The molecule has 2 amide bonds. The fourth-order valence-electron chi connectivity index (χ4n) is 2.62. The van der Waals surface area contributed by atoms with Gasteiger partial charge in [-0.15, -0.1) is 11.3 Å². The Kier molecular flexibility index (Phi) is 3.94. The second-order valence-corrected chi connectivity index (χ2v) is 6.09. The van der Waals surface area contributed by atoms with E-state index in [2.05, 4.69) is 0 Å². The van der Waals surface area contributed by atoms with Crippen molar-refractivity contribution < 1.29 is 24.3 Å². The van der Waals surface area contributed by atoms with Gasteiger partial charge >= 0.3 is 0 Å². The van der Waals surface area contributed by atoms with Gasteiger partial charge in [-0.2, -0.15) is 0 Å². The maximum atomic E-state index is 12.4. The van der Waals surface area contributed by atoms with Crippen molar-refractivity contribution in [1.29, 1.82) is 0 Å². The van der Waals surface area contributed by atoms with Crippen molar-refractivity contribution in [2.75, 3.05) is 26.3 Å². The third-order valence-electron chi connectivity index (χ3n) is 3.77. The van der Waals surface area contributed by atoms with Gasteiger partial charge in [0.2, 0.25) is 0 Å². The zero-order chi connectivity index (χ0) is 14.9. The van der Waals surface area contributed by atoms with Crippen molar-refractivity contribution >= 4 is 23.2 Å².